The van der Waals surface area contributed by atoms with Crippen LogP contribution < -0.4 is 5.56 Å². The first kappa shape index (κ1) is 16.7. The van der Waals surface area contributed by atoms with Crippen molar-refractivity contribution in [2.75, 3.05) is 6.61 Å². The molecule has 8 nitrogen and oxygen atoms in total. The van der Waals surface area contributed by atoms with E-state index >= 15 is 0 Å². The number of esters is 1. The van der Waals surface area contributed by atoms with Crippen molar-refractivity contribution in [3.8, 4) is 5.69 Å². The topological polar surface area (TPSA) is 91.9 Å². The molecule has 0 fully saturated rings. The Balaban J connectivity index is 2.11. The van der Waals surface area contributed by atoms with E-state index in [4.69, 9.17) is 4.74 Å². The lowest BCUT2D eigenvalue weighted by Crippen LogP contribution is -2.31. The highest BCUT2D eigenvalue weighted by Gasteiger charge is 2.23. The maximum absolute atomic E-state index is 13.4. The number of carbonyl (C=O) groups is 1. The zero-order valence-corrected chi connectivity index (χ0v) is 13.7. The van der Waals surface area contributed by atoms with E-state index in [0.717, 1.165) is 0 Å². The third kappa shape index (κ3) is 3.00. The predicted octanol–water partition coefficient (Wildman–Crippen LogP) is 1.63. The zero-order valence-electron chi connectivity index (χ0n) is 13.7. The van der Waals surface area contributed by atoms with Crippen LogP contribution in [0.2, 0.25) is 0 Å². The second-order valence-electron chi connectivity index (χ2n) is 5.29. The van der Waals surface area contributed by atoms with Gasteiger partial charge < -0.3 is 4.74 Å². The van der Waals surface area contributed by atoms with Crippen LogP contribution in [0.15, 0.2) is 35.4 Å². The van der Waals surface area contributed by atoms with Gasteiger partial charge in [0.15, 0.2) is 11.2 Å². The molecule has 0 radical (unpaired) electrons. The van der Waals surface area contributed by atoms with Crippen molar-refractivity contribution >= 4 is 17.1 Å². The Morgan fingerprint density at radius 1 is 1.36 bits per heavy atom. The molecule has 1 unspecified atom stereocenters. The minimum atomic E-state index is -0.788. The Kier molecular flexibility index (Phi) is 4.55. The van der Waals surface area contributed by atoms with Gasteiger partial charge in [0.1, 0.15) is 18.2 Å². The molecule has 0 spiro atoms. The minimum absolute atomic E-state index is 0.00508. The Bertz CT molecular complexity index is 981. The zero-order chi connectivity index (χ0) is 18.0. The van der Waals surface area contributed by atoms with E-state index in [-0.39, 0.29) is 17.8 Å². The highest BCUT2D eigenvalue weighted by atomic mass is 19.1. The highest BCUT2D eigenvalue weighted by molar-refractivity contribution is 5.75. The van der Waals surface area contributed by atoms with Crippen LogP contribution in [0.3, 0.4) is 0 Å². The number of hydrogen-bond acceptors (Lipinski definition) is 6. The molecule has 0 amide bonds. The van der Waals surface area contributed by atoms with Crippen LogP contribution in [-0.2, 0) is 9.53 Å². The fraction of sp³-hybridized carbons (Fsp3) is 0.312. The maximum atomic E-state index is 13.4. The van der Waals surface area contributed by atoms with Gasteiger partial charge in [-0.25, -0.2) is 14.2 Å². The summed E-state index contributed by atoms with van der Waals surface area (Å²) in [6.45, 7) is 3.68. The number of hydrogen-bond donors (Lipinski definition) is 0. The number of ether oxygens (including phenoxy) is 1. The molecule has 0 saturated carbocycles. The molecule has 0 aliphatic rings. The number of nitrogens with zero attached hydrogens (tertiary/aromatic N) is 5. The van der Waals surface area contributed by atoms with Gasteiger partial charge >= 0.3 is 5.97 Å². The molecule has 1 atom stereocenters. The lowest BCUT2D eigenvalue weighted by atomic mass is 10.2. The summed E-state index contributed by atoms with van der Waals surface area (Å²) in [5, 5.41) is 7.73. The molecule has 1 aromatic carbocycles. The fourth-order valence-electron chi connectivity index (χ4n) is 2.54. The van der Waals surface area contributed by atoms with Gasteiger partial charge in [-0.3, -0.25) is 9.36 Å². The van der Waals surface area contributed by atoms with Gasteiger partial charge in [0.2, 0.25) is 0 Å². The van der Waals surface area contributed by atoms with Crippen molar-refractivity contribution in [2.45, 2.75) is 26.3 Å². The first-order chi connectivity index (χ1) is 12.1. The molecule has 0 bridgehead atoms. The largest absolute Gasteiger partial charge is 0.464 e. The van der Waals surface area contributed by atoms with E-state index in [9.17, 15) is 14.0 Å². The summed E-state index contributed by atoms with van der Waals surface area (Å²) < 4.78 is 20.9. The van der Waals surface area contributed by atoms with E-state index in [1.807, 2.05) is 0 Å². The van der Waals surface area contributed by atoms with Gasteiger partial charge in [0.25, 0.3) is 5.56 Å². The summed E-state index contributed by atoms with van der Waals surface area (Å²) in [6, 6.07) is 4.91. The lowest BCUT2D eigenvalue weighted by Gasteiger charge is -2.15. The van der Waals surface area contributed by atoms with Crippen molar-refractivity contribution in [2.24, 2.45) is 0 Å². The predicted molar refractivity (Wildman–Crippen MR) is 86.8 cm³/mol. The maximum Gasteiger partial charge on any atom is 0.329 e. The molecule has 2 aromatic heterocycles. The van der Waals surface area contributed by atoms with Crippen molar-refractivity contribution in [1.82, 2.24) is 24.5 Å². The molecule has 0 saturated heterocycles. The van der Waals surface area contributed by atoms with E-state index in [1.54, 1.807) is 19.9 Å². The second kappa shape index (κ2) is 6.80. The average Bonchev–Trinajstić information content (AvgIpc) is 3.02. The van der Waals surface area contributed by atoms with Gasteiger partial charge in [-0.15, -0.1) is 5.10 Å². The molecule has 3 aromatic rings. The van der Waals surface area contributed by atoms with Gasteiger partial charge in [-0.2, -0.15) is 4.68 Å². The number of carbonyl (C=O) groups excluding carboxylic acids is 1. The molecule has 0 N–H and O–H groups in total. The molecule has 2 heterocycles. The van der Waals surface area contributed by atoms with Gasteiger partial charge in [-0.1, -0.05) is 18.2 Å². The van der Waals surface area contributed by atoms with E-state index < -0.39 is 23.4 Å². The molecule has 0 aliphatic carbocycles. The summed E-state index contributed by atoms with van der Waals surface area (Å²) >= 11 is 0. The quantitative estimate of drug-likeness (QED) is 0.653. The smallest absolute Gasteiger partial charge is 0.329 e. The average molecular weight is 345 g/mol. The van der Waals surface area contributed by atoms with Crippen molar-refractivity contribution in [3.63, 3.8) is 0 Å². The molecule has 9 heteroatoms. The Hall–Kier alpha value is -3.10. The van der Waals surface area contributed by atoms with E-state index in [0.29, 0.717) is 12.1 Å². The van der Waals surface area contributed by atoms with Gasteiger partial charge in [0, 0.05) is 0 Å². The Labute approximate surface area is 141 Å². The SMILES string of the molecule is CCOC(=O)C(CC)n1cnc2c(nnn2-c2cccc(F)c2)c1=O. The molecule has 25 heavy (non-hydrogen) atoms. The van der Waals surface area contributed by atoms with E-state index in [1.165, 1.54) is 33.8 Å². The van der Waals surface area contributed by atoms with Crippen LogP contribution in [0.1, 0.15) is 26.3 Å². The molecule has 3 rings (SSSR count). The minimum Gasteiger partial charge on any atom is -0.464 e. The van der Waals surface area contributed by atoms with Gasteiger partial charge in [-0.05, 0) is 31.5 Å². The lowest BCUT2D eigenvalue weighted by molar-refractivity contribution is -0.147. The summed E-state index contributed by atoms with van der Waals surface area (Å²) in [7, 11) is 0. The summed E-state index contributed by atoms with van der Waals surface area (Å²) in [5.74, 6) is -0.950. The van der Waals surface area contributed by atoms with Crippen LogP contribution in [0.25, 0.3) is 16.9 Å². The van der Waals surface area contributed by atoms with Crippen molar-refractivity contribution in [1.29, 1.82) is 0 Å². The summed E-state index contributed by atoms with van der Waals surface area (Å²) in [4.78, 5) is 28.9. The van der Waals surface area contributed by atoms with Crippen LogP contribution in [0.4, 0.5) is 4.39 Å². The first-order valence-electron chi connectivity index (χ1n) is 7.82. The van der Waals surface area contributed by atoms with Crippen molar-refractivity contribution < 1.29 is 13.9 Å². The number of benzene rings is 1. The van der Waals surface area contributed by atoms with Crippen molar-refractivity contribution in [3.05, 3.63) is 46.8 Å². The Morgan fingerprint density at radius 2 is 2.16 bits per heavy atom. The van der Waals surface area contributed by atoms with Crippen LogP contribution >= 0.6 is 0 Å². The van der Waals surface area contributed by atoms with E-state index in [2.05, 4.69) is 15.3 Å². The third-order valence-electron chi connectivity index (χ3n) is 3.72. The molecular formula is C16H16FN5O3. The number of fused-ring (bicyclic) bond motifs is 1. The molecular weight excluding hydrogens is 329 g/mol. The number of aromatic nitrogens is 5. The summed E-state index contributed by atoms with van der Waals surface area (Å²) in [5.41, 5.74) is 0.0669. The van der Waals surface area contributed by atoms with Crippen LogP contribution in [0.5, 0.6) is 0 Å². The Morgan fingerprint density at radius 3 is 2.84 bits per heavy atom. The monoisotopic (exact) mass is 345 g/mol. The normalized spacial score (nSPS) is 12.3. The third-order valence-corrected chi connectivity index (χ3v) is 3.72. The van der Waals surface area contributed by atoms with Gasteiger partial charge in [0.05, 0.1) is 12.3 Å². The van der Waals surface area contributed by atoms with Crippen LogP contribution in [-0.4, -0.2) is 37.1 Å². The highest BCUT2D eigenvalue weighted by Crippen LogP contribution is 2.15. The summed E-state index contributed by atoms with van der Waals surface area (Å²) in [6.07, 6.45) is 1.62. The second-order valence-corrected chi connectivity index (χ2v) is 5.29. The number of halogens is 1. The van der Waals surface area contributed by atoms with Crippen LogP contribution in [0, 0.1) is 5.82 Å². The standard InChI is InChI=1S/C16H16FN5O3/c1-3-12(16(24)25-4-2)21-9-18-14-13(15(21)23)19-20-22(14)11-7-5-6-10(17)8-11/h5-9,12H,3-4H2,1-2H3. The number of rotatable bonds is 5. The fourth-order valence-corrected chi connectivity index (χ4v) is 2.54. The molecule has 130 valence electrons. The molecule has 0 aliphatic heterocycles. The first-order valence-corrected chi connectivity index (χ1v) is 7.82.